The number of thiazole rings is 1. The molecule has 134 valence electrons. The van der Waals surface area contributed by atoms with Gasteiger partial charge in [0, 0.05) is 30.2 Å². The van der Waals surface area contributed by atoms with Crippen LogP contribution in [0, 0.1) is 0 Å². The summed E-state index contributed by atoms with van der Waals surface area (Å²) in [7, 11) is 0. The lowest BCUT2D eigenvalue weighted by atomic mass is 10.2. The molecule has 2 heterocycles. The van der Waals surface area contributed by atoms with Crippen LogP contribution in [0.25, 0.3) is 11.3 Å². The first-order valence-electron chi connectivity index (χ1n) is 7.89. The number of halogens is 2. The summed E-state index contributed by atoms with van der Waals surface area (Å²) in [6.45, 7) is 6.76. The van der Waals surface area contributed by atoms with Gasteiger partial charge in [0.05, 0.1) is 27.5 Å². The van der Waals surface area contributed by atoms with E-state index in [1.165, 1.54) is 11.3 Å². The molecule has 26 heavy (non-hydrogen) atoms. The quantitative estimate of drug-likeness (QED) is 0.530. The second-order valence-corrected chi connectivity index (χ2v) is 7.08. The lowest BCUT2D eigenvalue weighted by molar-refractivity contribution is 0.0989. The highest BCUT2D eigenvalue weighted by molar-refractivity contribution is 7.14. The maximum absolute atomic E-state index is 12.9. The van der Waals surface area contributed by atoms with E-state index < -0.39 is 0 Å². The summed E-state index contributed by atoms with van der Waals surface area (Å²) < 4.78 is 1.71. The Kier molecular flexibility index (Phi) is 5.76. The minimum absolute atomic E-state index is 0.167. The molecule has 3 aromatic rings. The zero-order chi connectivity index (χ0) is 18.7. The summed E-state index contributed by atoms with van der Waals surface area (Å²) in [6, 6.07) is 5.33. The largest absolute Gasteiger partial charge is 0.280 e. The van der Waals surface area contributed by atoms with Crippen LogP contribution in [0.3, 0.4) is 0 Å². The van der Waals surface area contributed by atoms with Gasteiger partial charge in [-0.2, -0.15) is 5.10 Å². The van der Waals surface area contributed by atoms with E-state index in [4.69, 9.17) is 23.2 Å². The Morgan fingerprint density at radius 2 is 2.19 bits per heavy atom. The smallest absolute Gasteiger partial charge is 0.263 e. The van der Waals surface area contributed by atoms with Crippen molar-refractivity contribution in [3.8, 4) is 11.3 Å². The summed E-state index contributed by atoms with van der Waals surface area (Å²) in [5.41, 5.74) is 2.08. The molecule has 0 aliphatic rings. The molecule has 2 aromatic heterocycles. The fourth-order valence-corrected chi connectivity index (χ4v) is 3.50. The van der Waals surface area contributed by atoms with Gasteiger partial charge in [-0.05, 0) is 19.1 Å². The van der Waals surface area contributed by atoms with Crippen LogP contribution in [-0.2, 0) is 6.54 Å². The molecule has 0 unspecified atom stereocenters. The van der Waals surface area contributed by atoms with Crippen molar-refractivity contribution in [3.63, 3.8) is 0 Å². The second-order valence-electron chi connectivity index (χ2n) is 5.43. The second kappa shape index (κ2) is 8.03. The summed E-state index contributed by atoms with van der Waals surface area (Å²) in [5, 5.41) is 7.58. The van der Waals surface area contributed by atoms with E-state index in [1.807, 2.05) is 18.4 Å². The lowest BCUT2D eigenvalue weighted by Gasteiger charge is -2.17. The molecule has 0 bridgehead atoms. The number of benzene rings is 1. The van der Waals surface area contributed by atoms with Crippen LogP contribution in [-0.4, -0.2) is 27.2 Å². The first-order valence-corrected chi connectivity index (χ1v) is 9.53. The van der Waals surface area contributed by atoms with Crippen molar-refractivity contribution in [2.24, 2.45) is 0 Å². The van der Waals surface area contributed by atoms with Crippen LogP contribution in [0.2, 0.25) is 10.0 Å². The molecular weight excluding hydrogens is 391 g/mol. The monoisotopic (exact) mass is 406 g/mol. The van der Waals surface area contributed by atoms with Gasteiger partial charge in [-0.15, -0.1) is 17.9 Å². The molecule has 0 N–H and O–H groups in total. The van der Waals surface area contributed by atoms with Gasteiger partial charge in [-0.25, -0.2) is 4.98 Å². The van der Waals surface area contributed by atoms with Crippen molar-refractivity contribution in [2.45, 2.75) is 13.5 Å². The first kappa shape index (κ1) is 18.6. The molecule has 0 aliphatic carbocycles. The van der Waals surface area contributed by atoms with E-state index in [0.717, 1.165) is 11.3 Å². The van der Waals surface area contributed by atoms with Crippen LogP contribution in [0.5, 0.6) is 0 Å². The number of anilines is 1. The van der Waals surface area contributed by atoms with Gasteiger partial charge in [0.15, 0.2) is 5.13 Å². The molecule has 1 aromatic carbocycles. The number of amides is 1. The molecule has 8 heteroatoms. The Labute approximate surface area is 165 Å². The van der Waals surface area contributed by atoms with Crippen molar-refractivity contribution in [1.29, 1.82) is 0 Å². The van der Waals surface area contributed by atoms with E-state index in [0.29, 0.717) is 33.8 Å². The minimum atomic E-state index is -0.167. The highest BCUT2D eigenvalue weighted by Gasteiger charge is 2.21. The van der Waals surface area contributed by atoms with Gasteiger partial charge in [0.25, 0.3) is 5.91 Å². The molecule has 0 radical (unpaired) electrons. The number of nitrogens with zero attached hydrogens (tertiary/aromatic N) is 4. The average molecular weight is 407 g/mol. The fraction of sp³-hybridized carbons (Fsp3) is 0.167. The minimum Gasteiger partial charge on any atom is -0.280 e. The molecule has 0 spiro atoms. The fourth-order valence-electron chi connectivity index (χ4n) is 2.36. The van der Waals surface area contributed by atoms with E-state index in [-0.39, 0.29) is 5.91 Å². The predicted octanol–water partition coefficient (Wildman–Crippen LogP) is 5.17. The molecule has 0 saturated heterocycles. The lowest BCUT2D eigenvalue weighted by Crippen LogP contribution is -2.30. The van der Waals surface area contributed by atoms with Crippen LogP contribution in [0.4, 0.5) is 5.13 Å². The van der Waals surface area contributed by atoms with Gasteiger partial charge in [0.2, 0.25) is 0 Å². The third-order valence-electron chi connectivity index (χ3n) is 3.70. The Morgan fingerprint density at radius 1 is 1.38 bits per heavy atom. The van der Waals surface area contributed by atoms with E-state index >= 15 is 0 Å². The van der Waals surface area contributed by atoms with Crippen LogP contribution >= 0.6 is 34.5 Å². The third kappa shape index (κ3) is 3.82. The number of hydrogen-bond donors (Lipinski definition) is 0. The third-order valence-corrected chi connectivity index (χ3v) is 5.30. The zero-order valence-electron chi connectivity index (χ0n) is 14.0. The summed E-state index contributed by atoms with van der Waals surface area (Å²) in [5.74, 6) is -0.167. The molecule has 0 atom stereocenters. The molecule has 3 rings (SSSR count). The molecular formula is C18H16Cl2N4OS. The predicted molar refractivity (Wildman–Crippen MR) is 107 cm³/mol. The summed E-state index contributed by atoms with van der Waals surface area (Å²) in [4.78, 5) is 19.0. The summed E-state index contributed by atoms with van der Waals surface area (Å²) >= 11 is 13.4. The Morgan fingerprint density at radius 3 is 2.85 bits per heavy atom. The average Bonchev–Trinajstić information content (AvgIpc) is 3.31. The number of rotatable bonds is 6. The van der Waals surface area contributed by atoms with Crippen molar-refractivity contribution in [2.75, 3.05) is 11.4 Å². The summed E-state index contributed by atoms with van der Waals surface area (Å²) in [6.07, 6.45) is 4.96. The Balaban J connectivity index is 1.91. The van der Waals surface area contributed by atoms with E-state index in [9.17, 15) is 4.79 Å². The Bertz CT molecular complexity index is 950. The molecule has 0 aliphatic heterocycles. The molecule has 0 saturated carbocycles. The van der Waals surface area contributed by atoms with Crippen molar-refractivity contribution < 1.29 is 4.79 Å². The topological polar surface area (TPSA) is 51.0 Å². The maximum Gasteiger partial charge on any atom is 0.263 e. The van der Waals surface area contributed by atoms with E-state index in [1.54, 1.807) is 40.2 Å². The van der Waals surface area contributed by atoms with Gasteiger partial charge in [0.1, 0.15) is 0 Å². The van der Waals surface area contributed by atoms with Crippen molar-refractivity contribution in [3.05, 3.63) is 64.2 Å². The number of carbonyl (C=O) groups excluding carboxylic acids is 1. The SMILES string of the molecule is C=CCN(C(=O)c1cnn(CC)c1)c1nc(-c2ccc(Cl)c(Cl)c2)cs1. The molecule has 5 nitrogen and oxygen atoms in total. The standard InChI is InChI=1S/C18H16Cl2N4OS/c1-3-7-24(17(25)13-9-21-23(4-2)10-13)18-22-16(11-26-18)12-5-6-14(19)15(20)8-12/h3,5-6,8-11H,1,4,7H2,2H3. The van der Waals surface area contributed by atoms with Gasteiger partial charge in [-0.3, -0.25) is 14.4 Å². The van der Waals surface area contributed by atoms with E-state index in [2.05, 4.69) is 16.7 Å². The first-order chi connectivity index (χ1) is 12.5. The van der Waals surface area contributed by atoms with Crippen LogP contribution in [0.15, 0.2) is 48.6 Å². The number of aromatic nitrogens is 3. The number of hydrogen-bond acceptors (Lipinski definition) is 4. The highest BCUT2D eigenvalue weighted by Crippen LogP contribution is 2.32. The number of carbonyl (C=O) groups is 1. The zero-order valence-corrected chi connectivity index (χ0v) is 16.4. The normalized spacial score (nSPS) is 10.7. The van der Waals surface area contributed by atoms with Gasteiger partial charge in [-0.1, -0.05) is 35.3 Å². The highest BCUT2D eigenvalue weighted by atomic mass is 35.5. The van der Waals surface area contributed by atoms with Crippen molar-refractivity contribution >= 4 is 45.6 Å². The maximum atomic E-state index is 12.9. The van der Waals surface area contributed by atoms with Crippen LogP contribution < -0.4 is 4.90 Å². The van der Waals surface area contributed by atoms with Crippen molar-refractivity contribution in [1.82, 2.24) is 14.8 Å². The van der Waals surface area contributed by atoms with Gasteiger partial charge >= 0.3 is 0 Å². The molecule has 0 fully saturated rings. The number of aryl methyl sites for hydroxylation is 1. The molecule has 1 amide bonds. The van der Waals surface area contributed by atoms with Gasteiger partial charge < -0.3 is 0 Å². The van der Waals surface area contributed by atoms with Crippen LogP contribution in [0.1, 0.15) is 17.3 Å². The Hall–Kier alpha value is -2.15.